The molecular formula is C15H25NO2. The van der Waals surface area contributed by atoms with E-state index in [1.54, 1.807) is 7.11 Å². The topological polar surface area (TPSA) is 30.5 Å². The van der Waals surface area contributed by atoms with E-state index in [-0.39, 0.29) is 5.41 Å². The maximum absolute atomic E-state index is 5.70. The fourth-order valence-electron chi connectivity index (χ4n) is 1.48. The third-order valence-electron chi connectivity index (χ3n) is 3.18. The Morgan fingerprint density at radius 3 is 2.33 bits per heavy atom. The van der Waals surface area contributed by atoms with Gasteiger partial charge in [-0.25, -0.2) is 0 Å². The molecule has 0 radical (unpaired) electrons. The normalized spacial score (nSPS) is 13.2. The molecule has 1 N–H and O–H groups in total. The lowest BCUT2D eigenvalue weighted by Crippen LogP contribution is -2.39. The summed E-state index contributed by atoms with van der Waals surface area (Å²) in [4.78, 5) is 0. The van der Waals surface area contributed by atoms with Gasteiger partial charge in [0.2, 0.25) is 0 Å². The molecule has 0 saturated heterocycles. The van der Waals surface area contributed by atoms with Gasteiger partial charge in [-0.1, -0.05) is 32.9 Å². The van der Waals surface area contributed by atoms with Crippen molar-refractivity contribution in [3.63, 3.8) is 0 Å². The highest BCUT2D eigenvalue weighted by molar-refractivity contribution is 5.39. The van der Waals surface area contributed by atoms with Gasteiger partial charge in [0.15, 0.2) is 11.5 Å². The Morgan fingerprint density at radius 2 is 1.78 bits per heavy atom. The first-order chi connectivity index (χ1) is 8.45. The number of methoxy groups -OCH3 is 1. The third-order valence-corrected chi connectivity index (χ3v) is 3.18. The van der Waals surface area contributed by atoms with Crippen LogP contribution in [0, 0.1) is 5.41 Å². The molecule has 0 bridgehead atoms. The Balaban J connectivity index is 2.34. The fourth-order valence-corrected chi connectivity index (χ4v) is 1.48. The van der Waals surface area contributed by atoms with Crippen molar-refractivity contribution in [2.24, 2.45) is 5.41 Å². The van der Waals surface area contributed by atoms with Crippen LogP contribution in [0.25, 0.3) is 0 Å². The summed E-state index contributed by atoms with van der Waals surface area (Å²) in [5, 5.41) is 3.46. The summed E-state index contributed by atoms with van der Waals surface area (Å²) in [6.07, 6.45) is 0. The smallest absolute Gasteiger partial charge is 0.161 e. The highest BCUT2D eigenvalue weighted by Gasteiger charge is 2.18. The van der Waals surface area contributed by atoms with Crippen LogP contribution >= 0.6 is 0 Å². The van der Waals surface area contributed by atoms with Crippen molar-refractivity contribution >= 4 is 0 Å². The number of benzene rings is 1. The molecule has 18 heavy (non-hydrogen) atoms. The number of ether oxygens (including phenoxy) is 2. The average Bonchev–Trinajstić information content (AvgIpc) is 2.33. The van der Waals surface area contributed by atoms with Crippen LogP contribution in [0.5, 0.6) is 11.5 Å². The molecule has 0 aromatic heterocycles. The van der Waals surface area contributed by atoms with Crippen molar-refractivity contribution in [2.75, 3.05) is 20.3 Å². The Morgan fingerprint density at radius 1 is 1.17 bits per heavy atom. The minimum absolute atomic E-state index is 0.268. The number of hydrogen-bond acceptors (Lipinski definition) is 3. The second-order valence-electron chi connectivity index (χ2n) is 5.54. The van der Waals surface area contributed by atoms with Crippen molar-refractivity contribution < 1.29 is 9.47 Å². The lowest BCUT2D eigenvalue weighted by Gasteiger charge is -2.28. The van der Waals surface area contributed by atoms with Gasteiger partial charge < -0.3 is 14.8 Å². The SMILES string of the molecule is COc1ccccc1OCCNC(C)C(C)(C)C. The summed E-state index contributed by atoms with van der Waals surface area (Å²) < 4.78 is 10.9. The van der Waals surface area contributed by atoms with Crippen LogP contribution in [0.1, 0.15) is 27.7 Å². The van der Waals surface area contributed by atoms with Crippen LogP contribution in [0.3, 0.4) is 0 Å². The molecular weight excluding hydrogens is 226 g/mol. The lowest BCUT2D eigenvalue weighted by atomic mass is 9.88. The van der Waals surface area contributed by atoms with Gasteiger partial charge in [-0.05, 0) is 24.5 Å². The van der Waals surface area contributed by atoms with Crippen LogP contribution in [0.4, 0.5) is 0 Å². The van der Waals surface area contributed by atoms with Gasteiger partial charge in [0, 0.05) is 12.6 Å². The van der Waals surface area contributed by atoms with E-state index in [4.69, 9.17) is 9.47 Å². The van der Waals surface area contributed by atoms with Gasteiger partial charge in [-0.15, -0.1) is 0 Å². The summed E-state index contributed by atoms with van der Waals surface area (Å²) in [5.74, 6) is 1.58. The number of rotatable bonds is 6. The first-order valence-electron chi connectivity index (χ1n) is 6.44. The average molecular weight is 251 g/mol. The second kappa shape index (κ2) is 6.64. The molecule has 0 aliphatic rings. The van der Waals surface area contributed by atoms with E-state index >= 15 is 0 Å². The number of para-hydroxylation sites is 2. The van der Waals surface area contributed by atoms with Gasteiger partial charge in [-0.3, -0.25) is 0 Å². The van der Waals surface area contributed by atoms with E-state index in [0.29, 0.717) is 12.6 Å². The molecule has 3 nitrogen and oxygen atoms in total. The number of nitrogens with one attached hydrogen (secondary N) is 1. The molecule has 102 valence electrons. The molecule has 1 aromatic carbocycles. The summed E-state index contributed by atoms with van der Waals surface area (Å²) >= 11 is 0. The fraction of sp³-hybridized carbons (Fsp3) is 0.600. The van der Waals surface area contributed by atoms with Crippen LogP contribution < -0.4 is 14.8 Å². The summed E-state index contributed by atoms with van der Waals surface area (Å²) in [6.45, 7) is 10.4. The van der Waals surface area contributed by atoms with Crippen molar-refractivity contribution in [2.45, 2.75) is 33.7 Å². The molecule has 1 aromatic rings. The van der Waals surface area contributed by atoms with Gasteiger partial charge in [0.1, 0.15) is 6.61 Å². The second-order valence-corrected chi connectivity index (χ2v) is 5.54. The van der Waals surface area contributed by atoms with Crippen LogP contribution in [-0.4, -0.2) is 26.3 Å². The predicted octanol–water partition coefficient (Wildman–Crippen LogP) is 3.10. The molecule has 1 atom stereocenters. The molecule has 1 rings (SSSR count). The van der Waals surface area contributed by atoms with E-state index in [1.165, 1.54) is 0 Å². The molecule has 0 amide bonds. The van der Waals surface area contributed by atoms with E-state index in [1.807, 2.05) is 24.3 Å². The van der Waals surface area contributed by atoms with Crippen molar-refractivity contribution in [1.82, 2.24) is 5.32 Å². The maximum Gasteiger partial charge on any atom is 0.161 e. The molecule has 0 fully saturated rings. The molecule has 0 spiro atoms. The number of hydrogen-bond donors (Lipinski definition) is 1. The maximum atomic E-state index is 5.70. The molecule has 1 unspecified atom stereocenters. The van der Waals surface area contributed by atoms with Crippen molar-refractivity contribution in [3.05, 3.63) is 24.3 Å². The van der Waals surface area contributed by atoms with E-state index in [0.717, 1.165) is 18.0 Å². The standard InChI is InChI=1S/C15H25NO2/c1-12(15(2,3)4)16-10-11-18-14-9-7-6-8-13(14)17-5/h6-9,12,16H,10-11H2,1-5H3. The van der Waals surface area contributed by atoms with Gasteiger partial charge in [0.25, 0.3) is 0 Å². The summed E-state index contributed by atoms with van der Waals surface area (Å²) in [5.41, 5.74) is 0.268. The summed E-state index contributed by atoms with van der Waals surface area (Å²) in [7, 11) is 1.65. The molecule has 0 aliphatic carbocycles. The van der Waals surface area contributed by atoms with Crippen molar-refractivity contribution in [3.8, 4) is 11.5 Å². The minimum atomic E-state index is 0.268. The minimum Gasteiger partial charge on any atom is -0.493 e. The van der Waals surface area contributed by atoms with Gasteiger partial charge in [0.05, 0.1) is 7.11 Å². The monoisotopic (exact) mass is 251 g/mol. The highest BCUT2D eigenvalue weighted by atomic mass is 16.5. The van der Waals surface area contributed by atoms with Crippen LogP contribution in [0.15, 0.2) is 24.3 Å². The van der Waals surface area contributed by atoms with Crippen molar-refractivity contribution in [1.29, 1.82) is 0 Å². The third kappa shape index (κ3) is 4.57. The molecule has 0 aliphatic heterocycles. The van der Waals surface area contributed by atoms with Gasteiger partial charge in [-0.2, -0.15) is 0 Å². The quantitative estimate of drug-likeness (QED) is 0.788. The predicted molar refractivity (Wildman–Crippen MR) is 75.4 cm³/mol. The zero-order valence-corrected chi connectivity index (χ0v) is 12.1. The first kappa shape index (κ1) is 14.8. The Labute approximate surface area is 110 Å². The van der Waals surface area contributed by atoms with Crippen LogP contribution in [0.2, 0.25) is 0 Å². The zero-order chi connectivity index (χ0) is 13.6. The van der Waals surface area contributed by atoms with Gasteiger partial charge >= 0.3 is 0 Å². The summed E-state index contributed by atoms with van der Waals surface area (Å²) in [6, 6.07) is 8.17. The van der Waals surface area contributed by atoms with E-state index in [2.05, 4.69) is 33.0 Å². The first-order valence-corrected chi connectivity index (χ1v) is 6.44. The molecule has 3 heteroatoms. The largest absolute Gasteiger partial charge is 0.493 e. The molecule has 0 saturated carbocycles. The Bertz CT molecular complexity index is 358. The highest BCUT2D eigenvalue weighted by Crippen LogP contribution is 2.25. The zero-order valence-electron chi connectivity index (χ0n) is 12.1. The van der Waals surface area contributed by atoms with E-state index < -0.39 is 0 Å². The molecule has 0 heterocycles. The van der Waals surface area contributed by atoms with Crippen LogP contribution in [-0.2, 0) is 0 Å². The Hall–Kier alpha value is -1.22. The lowest BCUT2D eigenvalue weighted by molar-refractivity contribution is 0.248. The van der Waals surface area contributed by atoms with E-state index in [9.17, 15) is 0 Å². The Kier molecular flexibility index (Phi) is 5.48.